The number of hydrogen-bond donors (Lipinski definition) is 1. The lowest BCUT2D eigenvalue weighted by molar-refractivity contribution is -0.137. The molecule has 0 bridgehead atoms. The number of hydrogen-bond acceptors (Lipinski definition) is 4. The number of benzene rings is 2. The molecule has 1 amide bonds. The van der Waals surface area contributed by atoms with E-state index in [1.807, 2.05) is 6.92 Å². The number of nitrogens with zero attached hydrogens (tertiary/aromatic N) is 2. The quantitative estimate of drug-likeness (QED) is 0.416. The fraction of sp³-hybridized carbons (Fsp3) is 0.304. The molecule has 0 aliphatic heterocycles. The van der Waals surface area contributed by atoms with E-state index in [1.54, 1.807) is 34.5 Å². The van der Waals surface area contributed by atoms with E-state index >= 15 is 0 Å². The summed E-state index contributed by atoms with van der Waals surface area (Å²) in [4.78, 5) is 18.3. The Morgan fingerprint density at radius 2 is 1.88 bits per heavy atom. The summed E-state index contributed by atoms with van der Waals surface area (Å²) in [6.45, 7) is 3.09. The minimum Gasteiger partial charge on any atom is -0.351 e. The summed E-state index contributed by atoms with van der Waals surface area (Å²) in [7, 11) is 0. The van der Waals surface area contributed by atoms with Crippen LogP contribution >= 0.6 is 11.3 Å². The Balaban J connectivity index is 1.81. The van der Waals surface area contributed by atoms with Crippen molar-refractivity contribution < 1.29 is 22.4 Å². The second kappa shape index (κ2) is 10.7. The molecule has 3 rings (SSSR count). The third-order valence-corrected chi connectivity index (χ3v) is 5.52. The normalized spacial score (nSPS) is 11.7. The maximum atomic E-state index is 14.2. The van der Waals surface area contributed by atoms with Gasteiger partial charge >= 0.3 is 6.18 Å². The van der Waals surface area contributed by atoms with Gasteiger partial charge in [0.25, 0.3) is 5.91 Å². The van der Waals surface area contributed by atoms with Crippen molar-refractivity contribution in [3.63, 3.8) is 0 Å². The Morgan fingerprint density at radius 3 is 2.59 bits per heavy atom. The van der Waals surface area contributed by atoms with Crippen LogP contribution in [0.2, 0.25) is 0 Å². The zero-order valence-electron chi connectivity index (χ0n) is 17.5. The molecule has 1 N–H and O–H groups in total. The van der Waals surface area contributed by atoms with Gasteiger partial charge in [0.1, 0.15) is 16.5 Å². The largest absolute Gasteiger partial charge is 0.416 e. The van der Waals surface area contributed by atoms with Crippen LogP contribution in [0.5, 0.6) is 0 Å². The molecule has 0 saturated heterocycles. The topological polar surface area (TPSA) is 45.2 Å². The molecular formula is C23H23F4N3OS. The van der Waals surface area contributed by atoms with Gasteiger partial charge in [-0.3, -0.25) is 9.69 Å². The third-order valence-electron chi connectivity index (χ3n) is 4.69. The van der Waals surface area contributed by atoms with Gasteiger partial charge in [-0.25, -0.2) is 9.37 Å². The van der Waals surface area contributed by atoms with Gasteiger partial charge in [-0.05, 0) is 24.1 Å². The molecule has 9 heteroatoms. The lowest BCUT2D eigenvalue weighted by Gasteiger charge is -2.22. The predicted molar refractivity (Wildman–Crippen MR) is 116 cm³/mol. The minimum absolute atomic E-state index is 0.162. The van der Waals surface area contributed by atoms with Gasteiger partial charge in [-0.15, -0.1) is 11.3 Å². The fourth-order valence-electron chi connectivity index (χ4n) is 3.15. The number of amides is 1. The molecule has 0 aliphatic rings. The maximum absolute atomic E-state index is 14.2. The summed E-state index contributed by atoms with van der Waals surface area (Å²) in [6.07, 6.45) is -3.64. The Hall–Kier alpha value is -2.78. The molecule has 0 radical (unpaired) electrons. The monoisotopic (exact) mass is 465 g/mol. The van der Waals surface area contributed by atoms with Gasteiger partial charge in [0.05, 0.1) is 12.1 Å². The summed E-state index contributed by atoms with van der Waals surface area (Å²) in [6, 6.07) is 11.4. The van der Waals surface area contributed by atoms with Crippen molar-refractivity contribution in [1.29, 1.82) is 0 Å². The van der Waals surface area contributed by atoms with Crippen LogP contribution in [0.1, 0.15) is 45.5 Å². The maximum Gasteiger partial charge on any atom is 0.416 e. The van der Waals surface area contributed by atoms with Crippen LogP contribution in [0.4, 0.5) is 17.6 Å². The number of thiazole rings is 1. The SMILES string of the molecule is CCCNC(=O)c1csc(CN(Cc2cccc(C(F)(F)F)c2)Cc2ccccc2F)n1. The second-order valence-corrected chi connectivity index (χ2v) is 8.26. The van der Waals surface area contributed by atoms with E-state index in [1.165, 1.54) is 23.5 Å². The number of nitrogens with one attached hydrogen (secondary N) is 1. The van der Waals surface area contributed by atoms with E-state index < -0.39 is 11.7 Å². The molecular weight excluding hydrogens is 442 g/mol. The number of carbonyl (C=O) groups is 1. The molecule has 0 spiro atoms. The Kier molecular flexibility index (Phi) is 7.98. The summed E-state index contributed by atoms with van der Waals surface area (Å²) >= 11 is 1.29. The average molecular weight is 466 g/mol. The highest BCUT2D eigenvalue weighted by Crippen LogP contribution is 2.30. The Morgan fingerprint density at radius 1 is 1.09 bits per heavy atom. The van der Waals surface area contributed by atoms with Gasteiger partial charge in [0.2, 0.25) is 0 Å². The van der Waals surface area contributed by atoms with Gasteiger partial charge in [-0.1, -0.05) is 43.3 Å². The molecule has 170 valence electrons. The van der Waals surface area contributed by atoms with Crippen LogP contribution in [-0.2, 0) is 25.8 Å². The zero-order valence-corrected chi connectivity index (χ0v) is 18.3. The van der Waals surface area contributed by atoms with E-state index in [2.05, 4.69) is 10.3 Å². The smallest absolute Gasteiger partial charge is 0.351 e. The average Bonchev–Trinajstić information content (AvgIpc) is 3.22. The highest BCUT2D eigenvalue weighted by atomic mass is 32.1. The first-order valence-corrected chi connectivity index (χ1v) is 11.0. The predicted octanol–water partition coefficient (Wildman–Crippen LogP) is 5.64. The second-order valence-electron chi connectivity index (χ2n) is 7.32. The molecule has 0 fully saturated rings. The zero-order chi connectivity index (χ0) is 23.1. The number of rotatable bonds is 9. The van der Waals surface area contributed by atoms with Crippen molar-refractivity contribution in [2.45, 2.75) is 39.2 Å². The summed E-state index contributed by atoms with van der Waals surface area (Å²) in [5.41, 5.74) is 0.443. The Labute approximate surface area is 187 Å². The molecule has 0 aliphatic carbocycles. The van der Waals surface area contributed by atoms with E-state index in [-0.39, 0.29) is 31.4 Å². The molecule has 0 saturated carbocycles. The van der Waals surface area contributed by atoms with Crippen molar-refractivity contribution in [1.82, 2.24) is 15.2 Å². The molecule has 2 aromatic carbocycles. The molecule has 1 aromatic heterocycles. The lowest BCUT2D eigenvalue weighted by Crippen LogP contribution is -2.25. The van der Waals surface area contributed by atoms with Crippen molar-refractivity contribution in [3.05, 3.63) is 87.1 Å². The highest BCUT2D eigenvalue weighted by molar-refractivity contribution is 7.09. The molecule has 0 unspecified atom stereocenters. The number of halogens is 4. The molecule has 3 aromatic rings. The van der Waals surface area contributed by atoms with Gasteiger partial charge in [-0.2, -0.15) is 13.2 Å². The first-order chi connectivity index (χ1) is 15.3. The summed E-state index contributed by atoms with van der Waals surface area (Å²) in [5, 5.41) is 5.02. The van der Waals surface area contributed by atoms with Crippen LogP contribution in [0.3, 0.4) is 0 Å². The van der Waals surface area contributed by atoms with Crippen molar-refractivity contribution in [2.24, 2.45) is 0 Å². The molecule has 0 atom stereocenters. The van der Waals surface area contributed by atoms with Crippen LogP contribution in [-0.4, -0.2) is 22.3 Å². The molecule has 32 heavy (non-hydrogen) atoms. The summed E-state index contributed by atoms with van der Waals surface area (Å²) in [5.74, 6) is -0.659. The van der Waals surface area contributed by atoms with Crippen molar-refractivity contribution in [2.75, 3.05) is 6.54 Å². The van der Waals surface area contributed by atoms with Crippen LogP contribution in [0.25, 0.3) is 0 Å². The van der Waals surface area contributed by atoms with E-state index in [0.717, 1.165) is 18.6 Å². The summed E-state index contributed by atoms with van der Waals surface area (Å²) < 4.78 is 53.6. The number of aromatic nitrogens is 1. The van der Waals surface area contributed by atoms with E-state index in [9.17, 15) is 22.4 Å². The van der Waals surface area contributed by atoms with E-state index in [4.69, 9.17) is 0 Å². The van der Waals surface area contributed by atoms with Crippen molar-refractivity contribution >= 4 is 17.2 Å². The molecule has 4 nitrogen and oxygen atoms in total. The fourth-order valence-corrected chi connectivity index (χ4v) is 3.96. The molecule has 1 heterocycles. The van der Waals surface area contributed by atoms with Crippen molar-refractivity contribution in [3.8, 4) is 0 Å². The van der Waals surface area contributed by atoms with Gasteiger partial charge < -0.3 is 5.32 Å². The number of alkyl halides is 3. The van der Waals surface area contributed by atoms with Gasteiger partial charge in [0, 0.05) is 30.6 Å². The minimum atomic E-state index is -4.44. The third kappa shape index (κ3) is 6.61. The van der Waals surface area contributed by atoms with Crippen LogP contribution < -0.4 is 5.32 Å². The lowest BCUT2D eigenvalue weighted by atomic mass is 10.1. The number of carbonyl (C=O) groups excluding carboxylic acids is 1. The van der Waals surface area contributed by atoms with Crippen LogP contribution in [0.15, 0.2) is 53.9 Å². The first-order valence-electron chi connectivity index (χ1n) is 10.1. The standard InChI is InChI=1S/C23H23F4N3OS/c1-2-10-28-22(31)20-15-32-21(29-20)14-30(13-17-7-3-4-9-19(17)24)12-16-6-5-8-18(11-16)23(25,26)27/h3-9,11,15H,2,10,12-14H2,1H3,(H,28,31). The first kappa shape index (κ1) is 23.9. The van der Waals surface area contributed by atoms with Gasteiger partial charge in [0.15, 0.2) is 0 Å². The highest BCUT2D eigenvalue weighted by Gasteiger charge is 2.30. The van der Waals surface area contributed by atoms with Crippen LogP contribution in [0, 0.1) is 5.82 Å². The van der Waals surface area contributed by atoms with E-state index in [0.29, 0.717) is 28.4 Å². The Bertz CT molecular complexity index is 1050.